The first-order chi connectivity index (χ1) is 8.57. The summed E-state index contributed by atoms with van der Waals surface area (Å²) in [6.07, 6.45) is 1.48. The van der Waals surface area contributed by atoms with Gasteiger partial charge in [0.1, 0.15) is 0 Å². The maximum atomic E-state index is 11.4. The van der Waals surface area contributed by atoms with Gasteiger partial charge in [-0.1, -0.05) is 31.2 Å². The second kappa shape index (κ2) is 5.11. The van der Waals surface area contributed by atoms with E-state index in [1.165, 1.54) is 11.1 Å². The van der Waals surface area contributed by atoms with Crippen molar-refractivity contribution < 1.29 is 9.90 Å². The SMILES string of the molecule is CCC1(C(=O)O)CCN(Cc2ccccc2C)C1. The van der Waals surface area contributed by atoms with Crippen LogP contribution in [0.4, 0.5) is 0 Å². The molecule has 2 rings (SSSR count). The third kappa shape index (κ3) is 2.41. The minimum atomic E-state index is -0.641. The van der Waals surface area contributed by atoms with Crippen LogP contribution in [0.25, 0.3) is 0 Å². The Morgan fingerprint density at radius 1 is 1.44 bits per heavy atom. The number of hydrogen-bond donors (Lipinski definition) is 1. The molecule has 0 amide bonds. The number of hydrogen-bond acceptors (Lipinski definition) is 2. The van der Waals surface area contributed by atoms with Gasteiger partial charge in [0, 0.05) is 13.1 Å². The average molecular weight is 247 g/mol. The van der Waals surface area contributed by atoms with Gasteiger partial charge in [-0.2, -0.15) is 0 Å². The fraction of sp³-hybridized carbons (Fsp3) is 0.533. The van der Waals surface area contributed by atoms with Crippen molar-refractivity contribution in [3.8, 4) is 0 Å². The molecule has 1 N–H and O–H groups in total. The van der Waals surface area contributed by atoms with Gasteiger partial charge in [-0.3, -0.25) is 9.69 Å². The van der Waals surface area contributed by atoms with Crippen LogP contribution in [0.3, 0.4) is 0 Å². The van der Waals surface area contributed by atoms with Gasteiger partial charge < -0.3 is 5.11 Å². The Morgan fingerprint density at radius 2 is 2.17 bits per heavy atom. The van der Waals surface area contributed by atoms with E-state index in [1.807, 2.05) is 19.1 Å². The zero-order valence-corrected chi connectivity index (χ0v) is 11.1. The number of aliphatic carboxylic acids is 1. The summed E-state index contributed by atoms with van der Waals surface area (Å²) < 4.78 is 0. The lowest BCUT2D eigenvalue weighted by Gasteiger charge is -2.23. The van der Waals surface area contributed by atoms with Gasteiger partial charge in [0.15, 0.2) is 0 Å². The highest BCUT2D eigenvalue weighted by Crippen LogP contribution is 2.35. The summed E-state index contributed by atoms with van der Waals surface area (Å²) in [5, 5.41) is 9.38. The molecule has 1 heterocycles. The summed E-state index contributed by atoms with van der Waals surface area (Å²) in [4.78, 5) is 13.7. The van der Waals surface area contributed by atoms with Gasteiger partial charge in [-0.05, 0) is 37.4 Å². The van der Waals surface area contributed by atoms with Crippen molar-refractivity contribution in [2.24, 2.45) is 5.41 Å². The number of nitrogens with zero attached hydrogens (tertiary/aromatic N) is 1. The van der Waals surface area contributed by atoms with E-state index in [0.717, 1.165) is 19.5 Å². The number of likely N-dealkylation sites (tertiary alicyclic amines) is 1. The standard InChI is InChI=1S/C15H21NO2/c1-3-15(14(17)18)8-9-16(11-15)10-13-7-5-4-6-12(13)2/h4-7H,3,8-11H2,1-2H3,(H,17,18). The molecule has 1 aliphatic heterocycles. The first-order valence-electron chi connectivity index (χ1n) is 6.58. The predicted octanol–water partition coefficient (Wildman–Crippen LogP) is 2.68. The number of aryl methyl sites for hydroxylation is 1. The maximum absolute atomic E-state index is 11.4. The van der Waals surface area contributed by atoms with Crippen LogP contribution in [0, 0.1) is 12.3 Å². The smallest absolute Gasteiger partial charge is 0.310 e. The predicted molar refractivity (Wildman–Crippen MR) is 71.4 cm³/mol. The maximum Gasteiger partial charge on any atom is 0.310 e. The van der Waals surface area contributed by atoms with E-state index in [9.17, 15) is 9.90 Å². The second-order valence-corrected chi connectivity index (χ2v) is 5.33. The molecule has 1 fully saturated rings. The van der Waals surface area contributed by atoms with Crippen molar-refractivity contribution in [3.63, 3.8) is 0 Å². The van der Waals surface area contributed by atoms with E-state index in [1.54, 1.807) is 0 Å². The van der Waals surface area contributed by atoms with Crippen LogP contribution in [0.1, 0.15) is 30.9 Å². The summed E-state index contributed by atoms with van der Waals surface area (Å²) in [5.41, 5.74) is 2.06. The zero-order chi connectivity index (χ0) is 13.2. The minimum Gasteiger partial charge on any atom is -0.481 e. The van der Waals surface area contributed by atoms with Crippen molar-refractivity contribution in [2.75, 3.05) is 13.1 Å². The van der Waals surface area contributed by atoms with Crippen molar-refractivity contribution in [1.29, 1.82) is 0 Å². The molecule has 1 unspecified atom stereocenters. The third-order valence-electron chi connectivity index (χ3n) is 4.22. The van der Waals surface area contributed by atoms with Crippen molar-refractivity contribution in [2.45, 2.75) is 33.2 Å². The lowest BCUT2D eigenvalue weighted by atomic mass is 9.84. The molecule has 1 aromatic carbocycles. The van der Waals surface area contributed by atoms with E-state index < -0.39 is 11.4 Å². The number of benzene rings is 1. The summed E-state index contributed by atoms with van der Waals surface area (Å²) in [6, 6.07) is 8.32. The molecule has 1 aromatic rings. The van der Waals surface area contributed by atoms with Crippen LogP contribution < -0.4 is 0 Å². The Labute approximate surface area is 108 Å². The summed E-state index contributed by atoms with van der Waals surface area (Å²) in [5.74, 6) is -0.641. The third-order valence-corrected chi connectivity index (χ3v) is 4.22. The molecule has 3 heteroatoms. The van der Waals surface area contributed by atoms with E-state index >= 15 is 0 Å². The van der Waals surface area contributed by atoms with Crippen LogP contribution in [-0.4, -0.2) is 29.1 Å². The van der Waals surface area contributed by atoms with Crippen LogP contribution >= 0.6 is 0 Å². The van der Waals surface area contributed by atoms with Crippen molar-refractivity contribution >= 4 is 5.97 Å². The Balaban J connectivity index is 2.06. The number of carbonyl (C=O) groups is 1. The van der Waals surface area contributed by atoms with Gasteiger partial charge in [-0.25, -0.2) is 0 Å². The largest absolute Gasteiger partial charge is 0.481 e. The molecule has 1 atom stereocenters. The molecule has 18 heavy (non-hydrogen) atoms. The van der Waals surface area contributed by atoms with Gasteiger partial charge in [0.2, 0.25) is 0 Å². The van der Waals surface area contributed by atoms with Gasteiger partial charge >= 0.3 is 5.97 Å². The van der Waals surface area contributed by atoms with E-state index in [2.05, 4.69) is 24.0 Å². The highest BCUT2D eigenvalue weighted by molar-refractivity contribution is 5.75. The molecule has 0 aliphatic carbocycles. The summed E-state index contributed by atoms with van der Waals surface area (Å²) in [7, 11) is 0. The summed E-state index contributed by atoms with van der Waals surface area (Å²) in [6.45, 7) is 6.50. The van der Waals surface area contributed by atoms with Crippen LogP contribution in [0.5, 0.6) is 0 Å². The highest BCUT2D eigenvalue weighted by Gasteiger charge is 2.43. The fourth-order valence-corrected chi connectivity index (χ4v) is 2.74. The first-order valence-corrected chi connectivity index (χ1v) is 6.58. The topological polar surface area (TPSA) is 40.5 Å². The fourth-order valence-electron chi connectivity index (χ4n) is 2.74. The van der Waals surface area contributed by atoms with Crippen molar-refractivity contribution in [1.82, 2.24) is 4.90 Å². The highest BCUT2D eigenvalue weighted by atomic mass is 16.4. The lowest BCUT2D eigenvalue weighted by molar-refractivity contribution is -0.148. The lowest BCUT2D eigenvalue weighted by Crippen LogP contribution is -2.33. The normalized spacial score (nSPS) is 24.3. The number of rotatable bonds is 4. The quantitative estimate of drug-likeness (QED) is 0.889. The molecule has 3 nitrogen and oxygen atoms in total. The van der Waals surface area contributed by atoms with Gasteiger partial charge in [-0.15, -0.1) is 0 Å². The number of carboxylic acids is 1. The molecule has 0 bridgehead atoms. The van der Waals surface area contributed by atoms with E-state index in [-0.39, 0.29) is 0 Å². The van der Waals surface area contributed by atoms with Crippen LogP contribution in [0.2, 0.25) is 0 Å². The van der Waals surface area contributed by atoms with Crippen molar-refractivity contribution in [3.05, 3.63) is 35.4 Å². The summed E-state index contributed by atoms with van der Waals surface area (Å²) >= 11 is 0. The van der Waals surface area contributed by atoms with Crippen LogP contribution in [-0.2, 0) is 11.3 Å². The molecular formula is C15H21NO2. The first kappa shape index (κ1) is 13.1. The molecule has 0 saturated carbocycles. The minimum absolute atomic E-state index is 0.525. The molecule has 0 radical (unpaired) electrons. The van der Waals surface area contributed by atoms with E-state index in [0.29, 0.717) is 13.0 Å². The second-order valence-electron chi connectivity index (χ2n) is 5.33. The molecule has 1 saturated heterocycles. The van der Waals surface area contributed by atoms with E-state index in [4.69, 9.17) is 0 Å². The molecule has 0 spiro atoms. The average Bonchev–Trinajstić information content (AvgIpc) is 2.77. The zero-order valence-electron chi connectivity index (χ0n) is 11.1. The van der Waals surface area contributed by atoms with Gasteiger partial charge in [0.05, 0.1) is 5.41 Å². The molecule has 0 aromatic heterocycles. The van der Waals surface area contributed by atoms with Gasteiger partial charge in [0.25, 0.3) is 0 Å². The monoisotopic (exact) mass is 247 g/mol. The molecule has 98 valence electrons. The molecular weight excluding hydrogens is 226 g/mol. The Hall–Kier alpha value is -1.35. The van der Waals surface area contributed by atoms with Crippen LogP contribution in [0.15, 0.2) is 24.3 Å². The number of carboxylic acid groups (broad SMARTS) is 1. The Bertz CT molecular complexity index is 444. The molecule has 1 aliphatic rings. The Morgan fingerprint density at radius 3 is 2.72 bits per heavy atom. The Kier molecular flexibility index (Phi) is 3.71.